The zero-order valence-corrected chi connectivity index (χ0v) is 9.98. The van der Waals surface area contributed by atoms with Gasteiger partial charge >= 0.3 is 0 Å². The zero-order valence-electron chi connectivity index (χ0n) is 9.16. The smallest absolute Gasteiger partial charge is 0.174 e. The molecular formula is C12H17NOS. The fourth-order valence-corrected chi connectivity index (χ4v) is 2.95. The highest BCUT2D eigenvalue weighted by Crippen LogP contribution is 2.28. The van der Waals surface area contributed by atoms with Crippen LogP contribution in [0.3, 0.4) is 0 Å². The van der Waals surface area contributed by atoms with E-state index in [1.807, 2.05) is 13.0 Å². The van der Waals surface area contributed by atoms with Crippen molar-refractivity contribution in [2.75, 3.05) is 0 Å². The Hall–Kier alpha value is -0.700. The Balaban J connectivity index is 1.91. The first-order valence-corrected chi connectivity index (χ1v) is 6.49. The highest BCUT2D eigenvalue weighted by molar-refractivity contribution is 7.08. The summed E-state index contributed by atoms with van der Waals surface area (Å²) in [4.78, 5) is 12.7. The number of ketones is 1. The van der Waals surface area contributed by atoms with Crippen molar-refractivity contribution in [3.63, 3.8) is 0 Å². The number of carbonyl (C=O) groups excluding carboxylic acids is 1. The molecule has 0 aliphatic heterocycles. The SMILES string of the molecule is Cc1cc(C(=O)CC2CCCCC2)sn1. The third-order valence-electron chi connectivity index (χ3n) is 3.10. The molecule has 1 aromatic rings. The Morgan fingerprint density at radius 1 is 1.47 bits per heavy atom. The van der Waals surface area contributed by atoms with Gasteiger partial charge in [-0.05, 0) is 30.4 Å². The summed E-state index contributed by atoms with van der Waals surface area (Å²) >= 11 is 1.35. The van der Waals surface area contributed by atoms with Crippen LogP contribution < -0.4 is 0 Å². The molecule has 15 heavy (non-hydrogen) atoms. The van der Waals surface area contributed by atoms with Gasteiger partial charge in [-0.25, -0.2) is 0 Å². The molecule has 1 saturated carbocycles. The van der Waals surface area contributed by atoms with E-state index in [0.29, 0.717) is 11.7 Å². The minimum atomic E-state index is 0.299. The van der Waals surface area contributed by atoms with Gasteiger partial charge < -0.3 is 0 Å². The van der Waals surface area contributed by atoms with Crippen LogP contribution in [0, 0.1) is 12.8 Å². The summed E-state index contributed by atoms with van der Waals surface area (Å²) < 4.78 is 4.15. The molecule has 82 valence electrons. The zero-order chi connectivity index (χ0) is 10.7. The highest BCUT2D eigenvalue weighted by atomic mass is 32.1. The molecule has 1 heterocycles. The normalized spacial score (nSPS) is 17.9. The van der Waals surface area contributed by atoms with Gasteiger partial charge in [-0.1, -0.05) is 32.1 Å². The molecule has 0 bridgehead atoms. The first-order valence-electron chi connectivity index (χ1n) is 5.72. The van der Waals surface area contributed by atoms with Gasteiger partial charge in [-0.3, -0.25) is 4.79 Å². The van der Waals surface area contributed by atoms with Gasteiger partial charge in [-0.2, -0.15) is 4.37 Å². The van der Waals surface area contributed by atoms with E-state index in [1.165, 1.54) is 43.6 Å². The van der Waals surface area contributed by atoms with Gasteiger partial charge in [0.15, 0.2) is 5.78 Å². The summed E-state index contributed by atoms with van der Waals surface area (Å²) in [5, 5.41) is 0. The third kappa shape index (κ3) is 2.88. The monoisotopic (exact) mass is 223 g/mol. The molecule has 0 unspecified atom stereocenters. The second-order valence-corrected chi connectivity index (χ2v) is 5.27. The van der Waals surface area contributed by atoms with Gasteiger partial charge in [0.05, 0.1) is 10.6 Å². The van der Waals surface area contributed by atoms with Crippen molar-refractivity contribution in [2.24, 2.45) is 5.92 Å². The van der Waals surface area contributed by atoms with Gasteiger partial charge in [0, 0.05) is 6.42 Å². The largest absolute Gasteiger partial charge is 0.293 e. The van der Waals surface area contributed by atoms with Crippen molar-refractivity contribution in [3.05, 3.63) is 16.6 Å². The van der Waals surface area contributed by atoms with Crippen molar-refractivity contribution >= 4 is 17.3 Å². The molecule has 2 nitrogen and oxygen atoms in total. The predicted molar refractivity (Wildman–Crippen MR) is 62.4 cm³/mol. The van der Waals surface area contributed by atoms with Crippen LogP contribution in [0.4, 0.5) is 0 Å². The molecule has 1 aromatic heterocycles. The minimum absolute atomic E-state index is 0.299. The standard InChI is InChI=1S/C12H17NOS/c1-9-7-12(15-13-9)11(14)8-10-5-3-2-4-6-10/h7,10H,2-6,8H2,1H3. The summed E-state index contributed by atoms with van der Waals surface area (Å²) in [5.74, 6) is 0.932. The lowest BCUT2D eigenvalue weighted by Crippen LogP contribution is -2.11. The molecule has 0 amide bonds. The highest BCUT2D eigenvalue weighted by Gasteiger charge is 2.18. The lowest BCUT2D eigenvalue weighted by atomic mass is 9.85. The van der Waals surface area contributed by atoms with E-state index >= 15 is 0 Å². The molecule has 0 radical (unpaired) electrons. The molecule has 0 spiro atoms. The number of hydrogen-bond donors (Lipinski definition) is 0. The summed E-state index contributed by atoms with van der Waals surface area (Å²) in [6.45, 7) is 1.94. The maximum absolute atomic E-state index is 11.9. The Bertz CT molecular complexity index is 339. The van der Waals surface area contributed by atoms with Crippen molar-refractivity contribution in [1.29, 1.82) is 0 Å². The second kappa shape index (κ2) is 4.88. The van der Waals surface area contributed by atoms with Crippen LogP contribution in [-0.2, 0) is 0 Å². The van der Waals surface area contributed by atoms with E-state index in [4.69, 9.17) is 0 Å². The molecule has 0 aromatic carbocycles. The van der Waals surface area contributed by atoms with Gasteiger partial charge in [-0.15, -0.1) is 0 Å². The van der Waals surface area contributed by atoms with Gasteiger partial charge in [0.25, 0.3) is 0 Å². The lowest BCUT2D eigenvalue weighted by Gasteiger charge is -2.20. The topological polar surface area (TPSA) is 30.0 Å². The van der Waals surface area contributed by atoms with Gasteiger partial charge in [0.1, 0.15) is 0 Å². The molecule has 0 atom stereocenters. The summed E-state index contributed by atoms with van der Waals surface area (Å²) in [6, 6.07) is 1.91. The van der Waals surface area contributed by atoms with Crippen LogP contribution in [0.15, 0.2) is 6.07 Å². The van der Waals surface area contributed by atoms with Crippen LogP contribution in [0.1, 0.15) is 53.9 Å². The average molecular weight is 223 g/mol. The first kappa shape index (κ1) is 10.8. The van der Waals surface area contributed by atoms with Crippen molar-refractivity contribution < 1.29 is 4.79 Å². The number of hydrogen-bond acceptors (Lipinski definition) is 3. The molecule has 2 rings (SSSR count). The Morgan fingerprint density at radius 2 is 2.20 bits per heavy atom. The Kier molecular flexibility index (Phi) is 3.52. The molecule has 0 N–H and O–H groups in total. The molecule has 1 aliphatic carbocycles. The number of aryl methyl sites for hydroxylation is 1. The van der Waals surface area contributed by atoms with E-state index in [0.717, 1.165) is 17.0 Å². The molecule has 3 heteroatoms. The predicted octanol–water partition coefficient (Wildman–Crippen LogP) is 3.60. The van der Waals surface area contributed by atoms with E-state index in [9.17, 15) is 4.79 Å². The van der Waals surface area contributed by atoms with E-state index in [1.54, 1.807) is 0 Å². The van der Waals surface area contributed by atoms with Crippen LogP contribution in [-0.4, -0.2) is 10.2 Å². The lowest BCUT2D eigenvalue weighted by molar-refractivity contribution is 0.0954. The summed E-state index contributed by atoms with van der Waals surface area (Å²) in [6.07, 6.45) is 7.18. The van der Waals surface area contributed by atoms with Crippen LogP contribution in [0.2, 0.25) is 0 Å². The molecule has 0 saturated heterocycles. The molecule has 1 aliphatic rings. The number of carbonyl (C=O) groups is 1. The van der Waals surface area contributed by atoms with E-state index in [2.05, 4.69) is 4.37 Å². The Morgan fingerprint density at radius 3 is 2.80 bits per heavy atom. The van der Waals surface area contributed by atoms with Crippen LogP contribution in [0.5, 0.6) is 0 Å². The fraction of sp³-hybridized carbons (Fsp3) is 0.667. The van der Waals surface area contributed by atoms with Gasteiger partial charge in [0.2, 0.25) is 0 Å². The number of nitrogens with zero attached hydrogens (tertiary/aromatic N) is 1. The second-order valence-electron chi connectivity index (χ2n) is 4.46. The summed E-state index contributed by atoms with van der Waals surface area (Å²) in [5.41, 5.74) is 0.965. The third-order valence-corrected chi connectivity index (χ3v) is 4.02. The number of rotatable bonds is 3. The minimum Gasteiger partial charge on any atom is -0.293 e. The number of aromatic nitrogens is 1. The summed E-state index contributed by atoms with van der Waals surface area (Å²) in [7, 11) is 0. The fourth-order valence-electron chi connectivity index (χ4n) is 2.25. The van der Waals surface area contributed by atoms with E-state index in [-0.39, 0.29) is 0 Å². The quantitative estimate of drug-likeness (QED) is 0.733. The average Bonchev–Trinajstić information content (AvgIpc) is 2.66. The van der Waals surface area contributed by atoms with Crippen molar-refractivity contribution in [2.45, 2.75) is 45.4 Å². The maximum Gasteiger partial charge on any atom is 0.174 e. The van der Waals surface area contributed by atoms with Crippen molar-refractivity contribution in [1.82, 2.24) is 4.37 Å². The first-order chi connectivity index (χ1) is 7.25. The van der Waals surface area contributed by atoms with Crippen LogP contribution in [0.25, 0.3) is 0 Å². The van der Waals surface area contributed by atoms with Crippen LogP contribution >= 0.6 is 11.5 Å². The maximum atomic E-state index is 11.9. The molecule has 1 fully saturated rings. The van der Waals surface area contributed by atoms with Crippen molar-refractivity contribution in [3.8, 4) is 0 Å². The number of Topliss-reactive ketones (excluding diaryl/α,β-unsaturated/α-hetero) is 1. The van der Waals surface area contributed by atoms with E-state index < -0.39 is 0 Å². The molecular weight excluding hydrogens is 206 g/mol. The Labute approximate surface area is 94.9 Å².